The average molecular weight is 367 g/mol. The van der Waals surface area contributed by atoms with Gasteiger partial charge in [-0.2, -0.15) is 4.98 Å². The van der Waals surface area contributed by atoms with Gasteiger partial charge in [-0.15, -0.1) is 11.8 Å². The van der Waals surface area contributed by atoms with Crippen LogP contribution in [-0.4, -0.2) is 21.8 Å². The largest absolute Gasteiger partial charge is 0.349 e. The van der Waals surface area contributed by atoms with E-state index in [9.17, 15) is 4.79 Å². The normalized spacial score (nSPS) is 11.9. The minimum Gasteiger partial charge on any atom is -0.349 e. The molecule has 1 unspecified atom stereocenters. The second-order valence-electron chi connectivity index (χ2n) is 6.07. The number of nitrogens with one attached hydrogen (secondary N) is 1. The molecule has 6 heteroatoms. The van der Waals surface area contributed by atoms with E-state index in [4.69, 9.17) is 4.52 Å². The van der Waals surface area contributed by atoms with Crippen molar-refractivity contribution in [2.75, 3.05) is 5.75 Å². The maximum Gasteiger partial charge on any atom is 0.236 e. The van der Waals surface area contributed by atoms with Gasteiger partial charge in [0, 0.05) is 5.56 Å². The fourth-order valence-electron chi connectivity index (χ4n) is 2.47. The Morgan fingerprint density at radius 1 is 1.15 bits per heavy atom. The highest BCUT2D eigenvalue weighted by Gasteiger charge is 2.12. The number of nitrogens with zero attached hydrogens (tertiary/aromatic N) is 2. The molecule has 0 spiro atoms. The van der Waals surface area contributed by atoms with E-state index in [0.717, 1.165) is 11.1 Å². The summed E-state index contributed by atoms with van der Waals surface area (Å²) in [6.07, 6.45) is 0. The first kappa shape index (κ1) is 18.2. The number of carbonyl (C=O) groups is 1. The predicted molar refractivity (Wildman–Crippen MR) is 104 cm³/mol. The van der Waals surface area contributed by atoms with Gasteiger partial charge in [-0.3, -0.25) is 4.79 Å². The fourth-order valence-corrected chi connectivity index (χ4v) is 3.14. The van der Waals surface area contributed by atoms with Crippen molar-refractivity contribution in [2.45, 2.75) is 25.6 Å². The number of carbonyl (C=O) groups excluding carboxylic acids is 1. The molecular weight excluding hydrogens is 346 g/mol. The molecule has 134 valence electrons. The van der Waals surface area contributed by atoms with Gasteiger partial charge < -0.3 is 9.84 Å². The molecule has 0 saturated carbocycles. The zero-order valence-electron chi connectivity index (χ0n) is 14.8. The standard InChI is InChI=1S/C20H21N3O2S/c1-14-8-10-17(11-9-14)20-22-19(25-23-20)13-26-12-18(24)21-15(2)16-6-4-3-5-7-16/h3-11,15H,12-13H2,1-2H3,(H,21,24). The molecule has 0 bridgehead atoms. The van der Waals surface area contributed by atoms with Gasteiger partial charge >= 0.3 is 0 Å². The van der Waals surface area contributed by atoms with Crippen LogP contribution < -0.4 is 5.32 Å². The predicted octanol–water partition coefficient (Wildman–Crippen LogP) is 4.16. The van der Waals surface area contributed by atoms with Crippen molar-refractivity contribution in [2.24, 2.45) is 0 Å². The van der Waals surface area contributed by atoms with Gasteiger partial charge in [0.05, 0.1) is 17.5 Å². The van der Waals surface area contributed by atoms with Crippen LogP contribution in [0.5, 0.6) is 0 Å². The Morgan fingerprint density at radius 3 is 2.62 bits per heavy atom. The molecule has 0 aliphatic heterocycles. The Morgan fingerprint density at radius 2 is 1.88 bits per heavy atom. The molecule has 0 radical (unpaired) electrons. The highest BCUT2D eigenvalue weighted by molar-refractivity contribution is 7.99. The Kier molecular flexibility index (Phi) is 6.07. The van der Waals surface area contributed by atoms with Crippen LogP contribution in [0, 0.1) is 6.92 Å². The molecule has 2 aromatic carbocycles. The van der Waals surface area contributed by atoms with Gasteiger partial charge in [-0.1, -0.05) is 65.3 Å². The van der Waals surface area contributed by atoms with E-state index in [1.54, 1.807) is 0 Å². The van der Waals surface area contributed by atoms with Crippen LogP contribution in [0.25, 0.3) is 11.4 Å². The molecule has 1 atom stereocenters. The number of amides is 1. The number of rotatable bonds is 7. The summed E-state index contributed by atoms with van der Waals surface area (Å²) in [7, 11) is 0. The number of thioether (sulfide) groups is 1. The molecule has 1 amide bonds. The van der Waals surface area contributed by atoms with Crippen molar-refractivity contribution in [1.29, 1.82) is 0 Å². The molecule has 0 aliphatic rings. The van der Waals surface area contributed by atoms with Crippen LogP contribution in [-0.2, 0) is 10.5 Å². The van der Waals surface area contributed by atoms with Gasteiger partial charge in [0.15, 0.2) is 0 Å². The summed E-state index contributed by atoms with van der Waals surface area (Å²) in [5.41, 5.74) is 3.19. The van der Waals surface area contributed by atoms with Gasteiger partial charge in [0.2, 0.25) is 17.6 Å². The third kappa shape index (κ3) is 4.95. The lowest BCUT2D eigenvalue weighted by Crippen LogP contribution is -2.28. The molecule has 0 fully saturated rings. The van der Waals surface area contributed by atoms with Crippen LogP contribution in [0.3, 0.4) is 0 Å². The Bertz CT molecular complexity index is 847. The summed E-state index contributed by atoms with van der Waals surface area (Å²) in [6, 6.07) is 17.8. The van der Waals surface area contributed by atoms with Crippen LogP contribution in [0.1, 0.15) is 30.0 Å². The second kappa shape index (κ2) is 8.67. The fraction of sp³-hybridized carbons (Fsp3) is 0.250. The van der Waals surface area contributed by atoms with Crippen LogP contribution in [0.4, 0.5) is 0 Å². The molecule has 0 saturated heterocycles. The molecule has 3 aromatic rings. The summed E-state index contributed by atoms with van der Waals surface area (Å²) in [5, 5.41) is 6.99. The molecule has 1 N–H and O–H groups in total. The van der Waals surface area contributed by atoms with Crippen molar-refractivity contribution in [3.05, 3.63) is 71.6 Å². The first-order valence-corrected chi connectivity index (χ1v) is 9.59. The van der Waals surface area contributed by atoms with E-state index in [1.807, 2.05) is 68.4 Å². The molecule has 3 rings (SSSR count). The lowest BCUT2D eigenvalue weighted by atomic mass is 10.1. The van der Waals surface area contributed by atoms with Crippen LogP contribution in [0.15, 0.2) is 59.1 Å². The zero-order valence-corrected chi connectivity index (χ0v) is 15.6. The average Bonchev–Trinajstić information content (AvgIpc) is 3.12. The minimum absolute atomic E-state index is 0.00961. The summed E-state index contributed by atoms with van der Waals surface area (Å²) in [5.74, 6) is 1.94. The third-order valence-corrected chi connectivity index (χ3v) is 4.83. The van der Waals surface area contributed by atoms with E-state index in [2.05, 4.69) is 15.5 Å². The van der Waals surface area contributed by atoms with E-state index < -0.39 is 0 Å². The highest BCUT2D eigenvalue weighted by Crippen LogP contribution is 2.19. The van der Waals surface area contributed by atoms with Gasteiger partial charge in [0.25, 0.3) is 0 Å². The zero-order chi connectivity index (χ0) is 18.4. The topological polar surface area (TPSA) is 68.0 Å². The maximum atomic E-state index is 12.1. The quantitative estimate of drug-likeness (QED) is 0.679. The van der Waals surface area contributed by atoms with Crippen LogP contribution in [0.2, 0.25) is 0 Å². The van der Waals surface area contributed by atoms with Crippen molar-refractivity contribution in [3.8, 4) is 11.4 Å². The lowest BCUT2D eigenvalue weighted by Gasteiger charge is -2.13. The summed E-state index contributed by atoms with van der Waals surface area (Å²) in [6.45, 7) is 4.01. The number of benzene rings is 2. The lowest BCUT2D eigenvalue weighted by molar-refractivity contribution is -0.119. The van der Waals surface area contributed by atoms with Gasteiger partial charge in [-0.25, -0.2) is 0 Å². The second-order valence-corrected chi connectivity index (χ2v) is 7.06. The third-order valence-electron chi connectivity index (χ3n) is 3.91. The summed E-state index contributed by atoms with van der Waals surface area (Å²) < 4.78 is 5.27. The molecular formula is C20H21N3O2S. The van der Waals surface area contributed by atoms with E-state index in [1.165, 1.54) is 17.3 Å². The smallest absolute Gasteiger partial charge is 0.236 e. The number of hydrogen-bond donors (Lipinski definition) is 1. The molecule has 1 heterocycles. The van der Waals surface area contributed by atoms with E-state index in [0.29, 0.717) is 23.2 Å². The maximum absolute atomic E-state index is 12.1. The van der Waals surface area contributed by atoms with Crippen molar-refractivity contribution in [3.63, 3.8) is 0 Å². The van der Waals surface area contributed by atoms with Crippen molar-refractivity contribution < 1.29 is 9.32 Å². The SMILES string of the molecule is Cc1ccc(-c2noc(CSCC(=O)NC(C)c3ccccc3)n2)cc1. The molecule has 1 aromatic heterocycles. The van der Waals surface area contributed by atoms with E-state index in [-0.39, 0.29) is 11.9 Å². The molecule has 5 nitrogen and oxygen atoms in total. The highest BCUT2D eigenvalue weighted by atomic mass is 32.2. The first-order valence-electron chi connectivity index (χ1n) is 8.43. The monoisotopic (exact) mass is 367 g/mol. The van der Waals surface area contributed by atoms with E-state index >= 15 is 0 Å². The Hall–Kier alpha value is -2.60. The van der Waals surface area contributed by atoms with Gasteiger partial charge in [-0.05, 0) is 19.4 Å². The molecule has 26 heavy (non-hydrogen) atoms. The van der Waals surface area contributed by atoms with Crippen LogP contribution >= 0.6 is 11.8 Å². The molecule has 0 aliphatic carbocycles. The summed E-state index contributed by atoms with van der Waals surface area (Å²) >= 11 is 1.45. The number of aryl methyl sites for hydroxylation is 1. The Balaban J connectivity index is 1.46. The number of hydrogen-bond acceptors (Lipinski definition) is 5. The first-order chi connectivity index (χ1) is 12.6. The Labute approximate surface area is 157 Å². The number of aromatic nitrogens is 2. The summed E-state index contributed by atoms with van der Waals surface area (Å²) in [4.78, 5) is 16.5. The van der Waals surface area contributed by atoms with Crippen molar-refractivity contribution in [1.82, 2.24) is 15.5 Å². The van der Waals surface area contributed by atoms with Crippen molar-refractivity contribution >= 4 is 17.7 Å². The minimum atomic E-state index is -0.0131. The van der Waals surface area contributed by atoms with Gasteiger partial charge in [0.1, 0.15) is 0 Å².